The number of ether oxygens (including phenoxy) is 1. The first-order chi connectivity index (χ1) is 8.61. The maximum absolute atomic E-state index is 11.5. The van der Waals surface area contributed by atoms with Gasteiger partial charge in [-0.15, -0.1) is 0 Å². The van der Waals surface area contributed by atoms with Crippen LogP contribution < -0.4 is 0 Å². The Balaban J connectivity index is 2.95. The van der Waals surface area contributed by atoms with Crippen molar-refractivity contribution in [3.63, 3.8) is 0 Å². The molecule has 0 aromatic carbocycles. The molecule has 1 N–H and O–H groups in total. The van der Waals surface area contributed by atoms with E-state index >= 15 is 0 Å². The van der Waals surface area contributed by atoms with E-state index < -0.39 is 18.1 Å². The predicted molar refractivity (Wildman–Crippen MR) is 66.9 cm³/mol. The minimum absolute atomic E-state index is 0.158. The smallest absolute Gasteiger partial charge is 0.335 e. The summed E-state index contributed by atoms with van der Waals surface area (Å²) in [5, 5.41) is 13.9. The molecule has 7 heteroatoms. The van der Waals surface area contributed by atoms with E-state index in [1.165, 1.54) is 0 Å². The molecule has 0 saturated carbocycles. The third-order valence-corrected chi connectivity index (χ3v) is 3.23. The number of hydrogen-bond donors (Lipinski definition) is 1. The van der Waals surface area contributed by atoms with Gasteiger partial charge in [0.1, 0.15) is 0 Å². The summed E-state index contributed by atoms with van der Waals surface area (Å²) in [5.74, 6) is -0.794. The fourth-order valence-corrected chi connectivity index (χ4v) is 2.28. The van der Waals surface area contributed by atoms with E-state index in [0.717, 1.165) is 12.8 Å². The van der Waals surface area contributed by atoms with Crippen molar-refractivity contribution >= 4 is 17.6 Å². The number of carbonyl (C=O) groups is 1. The third kappa shape index (κ3) is 3.63. The van der Waals surface area contributed by atoms with Crippen LogP contribution in [0.2, 0.25) is 0 Å². The van der Waals surface area contributed by atoms with Gasteiger partial charge in [0.15, 0.2) is 6.10 Å². The Morgan fingerprint density at radius 2 is 2.28 bits per heavy atom. The normalized spacial score (nSPS) is 18.8. The molecule has 1 aliphatic carbocycles. The Kier molecular flexibility index (Phi) is 5.98. The average Bonchev–Trinajstić information content (AvgIpc) is 2.36. The molecule has 0 bridgehead atoms. The molecule has 0 aromatic heterocycles. The van der Waals surface area contributed by atoms with Crippen molar-refractivity contribution in [3.8, 4) is 0 Å². The Morgan fingerprint density at radius 1 is 1.61 bits per heavy atom. The minimum atomic E-state index is -1.50. The molecule has 18 heavy (non-hydrogen) atoms. The first kappa shape index (κ1) is 14.8. The summed E-state index contributed by atoms with van der Waals surface area (Å²) in [4.78, 5) is 14.2. The lowest BCUT2D eigenvalue weighted by Crippen LogP contribution is -2.36. The molecule has 0 fully saturated rings. The zero-order valence-corrected chi connectivity index (χ0v) is 10.9. The lowest BCUT2D eigenvalue weighted by molar-refractivity contribution is -0.153. The quantitative estimate of drug-likeness (QED) is 0.361. The van der Waals surface area contributed by atoms with Crippen LogP contribution in [-0.4, -0.2) is 29.8 Å². The molecule has 0 aliphatic heterocycles. The van der Waals surface area contributed by atoms with Crippen LogP contribution in [0, 0.1) is 0 Å². The van der Waals surface area contributed by atoms with Gasteiger partial charge in [-0.2, -0.15) is 0 Å². The lowest BCUT2D eigenvalue weighted by Gasteiger charge is -2.24. The van der Waals surface area contributed by atoms with E-state index in [4.69, 9.17) is 21.9 Å². The van der Waals surface area contributed by atoms with Crippen LogP contribution in [0.25, 0.3) is 10.4 Å². The van der Waals surface area contributed by atoms with Gasteiger partial charge < -0.3 is 9.84 Å². The number of hydrogen-bond acceptors (Lipinski definition) is 4. The van der Waals surface area contributed by atoms with Crippen molar-refractivity contribution in [3.05, 3.63) is 21.0 Å². The molecule has 0 radical (unpaired) electrons. The Labute approximate surface area is 110 Å². The van der Waals surface area contributed by atoms with Crippen molar-refractivity contribution < 1.29 is 14.6 Å². The van der Waals surface area contributed by atoms with Crippen LogP contribution >= 0.6 is 11.6 Å². The van der Waals surface area contributed by atoms with Crippen LogP contribution in [0.4, 0.5) is 0 Å². The molecule has 100 valence electrons. The van der Waals surface area contributed by atoms with Gasteiger partial charge in [0, 0.05) is 9.94 Å². The maximum atomic E-state index is 11.5. The highest BCUT2D eigenvalue weighted by Crippen LogP contribution is 2.32. The van der Waals surface area contributed by atoms with E-state index in [1.807, 2.05) is 0 Å². The van der Waals surface area contributed by atoms with Crippen molar-refractivity contribution in [2.45, 2.75) is 44.8 Å². The highest BCUT2D eigenvalue weighted by molar-refractivity contribution is 6.30. The number of carbonyl (C=O) groups excluding carboxylic acids is 1. The Hall–Kier alpha value is -1.23. The topological polar surface area (TPSA) is 95.3 Å². The highest BCUT2D eigenvalue weighted by atomic mass is 35.5. The molecular formula is C11H16ClN3O3. The SMILES string of the molecule is CCOC(=O)[C@@H](O)[C@@H](N=[N+]=[N-])C1=C(Cl)CCCC1. The number of aliphatic hydroxyl groups excluding tert-OH is 1. The maximum Gasteiger partial charge on any atom is 0.335 e. The van der Waals surface area contributed by atoms with E-state index in [-0.39, 0.29) is 6.61 Å². The number of halogens is 1. The van der Waals surface area contributed by atoms with Gasteiger partial charge in [-0.05, 0) is 43.7 Å². The van der Waals surface area contributed by atoms with Gasteiger partial charge in [-0.25, -0.2) is 4.79 Å². The molecule has 0 saturated heterocycles. The first-order valence-electron chi connectivity index (χ1n) is 5.88. The second kappa shape index (κ2) is 7.26. The number of allylic oxidation sites excluding steroid dienone is 1. The standard InChI is InChI=1S/C11H16ClN3O3/c1-2-18-11(17)10(16)9(14-15-13)7-5-3-4-6-8(7)12/h9-10,16H,2-6H2,1H3/t9-,10-/m0/s1. The van der Waals surface area contributed by atoms with Gasteiger partial charge in [0.2, 0.25) is 0 Å². The van der Waals surface area contributed by atoms with Gasteiger partial charge in [0.05, 0.1) is 12.6 Å². The number of aliphatic hydroxyl groups is 1. The largest absolute Gasteiger partial charge is 0.464 e. The predicted octanol–water partition coefficient (Wildman–Crippen LogP) is 2.66. The van der Waals surface area contributed by atoms with E-state index in [0.29, 0.717) is 23.4 Å². The minimum Gasteiger partial charge on any atom is -0.464 e. The summed E-state index contributed by atoms with van der Waals surface area (Å²) in [6.45, 7) is 1.80. The molecule has 0 spiro atoms. The van der Waals surface area contributed by atoms with Crippen LogP contribution in [-0.2, 0) is 9.53 Å². The van der Waals surface area contributed by atoms with E-state index in [1.54, 1.807) is 6.92 Å². The summed E-state index contributed by atoms with van der Waals surface area (Å²) in [6.07, 6.45) is 1.67. The molecule has 0 unspecified atom stereocenters. The average molecular weight is 274 g/mol. The molecule has 6 nitrogen and oxygen atoms in total. The van der Waals surface area contributed by atoms with Crippen LogP contribution in [0.1, 0.15) is 32.6 Å². The van der Waals surface area contributed by atoms with E-state index in [2.05, 4.69) is 10.0 Å². The Morgan fingerprint density at radius 3 is 2.83 bits per heavy atom. The third-order valence-electron chi connectivity index (χ3n) is 2.80. The summed E-state index contributed by atoms with van der Waals surface area (Å²) < 4.78 is 4.72. The van der Waals surface area contributed by atoms with Gasteiger partial charge in [-0.1, -0.05) is 16.7 Å². The van der Waals surface area contributed by atoms with Crippen molar-refractivity contribution in [2.75, 3.05) is 6.61 Å². The van der Waals surface area contributed by atoms with Gasteiger partial charge in [0.25, 0.3) is 0 Å². The molecule has 0 amide bonds. The fraction of sp³-hybridized carbons (Fsp3) is 0.727. The van der Waals surface area contributed by atoms with Crippen LogP contribution in [0.15, 0.2) is 15.7 Å². The van der Waals surface area contributed by atoms with Crippen LogP contribution in [0.5, 0.6) is 0 Å². The second-order valence-corrected chi connectivity index (χ2v) is 4.44. The second-order valence-electron chi connectivity index (χ2n) is 3.98. The van der Waals surface area contributed by atoms with Gasteiger partial charge >= 0.3 is 5.97 Å². The summed E-state index contributed by atoms with van der Waals surface area (Å²) in [5.41, 5.74) is 9.18. The van der Waals surface area contributed by atoms with E-state index in [9.17, 15) is 9.90 Å². The molecule has 0 aromatic rings. The summed E-state index contributed by atoms with van der Waals surface area (Å²) in [6, 6.07) is -0.971. The molecule has 1 rings (SSSR count). The zero-order chi connectivity index (χ0) is 13.5. The number of esters is 1. The lowest BCUT2D eigenvalue weighted by atomic mass is 9.91. The Bertz CT molecular complexity index is 391. The van der Waals surface area contributed by atoms with Crippen molar-refractivity contribution in [2.24, 2.45) is 5.11 Å². The van der Waals surface area contributed by atoms with Gasteiger partial charge in [-0.3, -0.25) is 0 Å². The van der Waals surface area contributed by atoms with Crippen molar-refractivity contribution in [1.29, 1.82) is 0 Å². The monoisotopic (exact) mass is 273 g/mol. The summed E-state index contributed by atoms with van der Waals surface area (Å²) >= 11 is 6.07. The van der Waals surface area contributed by atoms with Crippen LogP contribution in [0.3, 0.4) is 0 Å². The first-order valence-corrected chi connectivity index (χ1v) is 6.26. The number of rotatable bonds is 5. The molecule has 2 atom stereocenters. The fourth-order valence-electron chi connectivity index (χ4n) is 1.94. The molecule has 0 heterocycles. The molecule has 1 aliphatic rings. The number of azide groups is 1. The molecular weight excluding hydrogens is 258 g/mol. The number of nitrogens with zero attached hydrogens (tertiary/aromatic N) is 3. The zero-order valence-electron chi connectivity index (χ0n) is 10.2. The highest BCUT2D eigenvalue weighted by Gasteiger charge is 2.31. The van der Waals surface area contributed by atoms with Crippen molar-refractivity contribution in [1.82, 2.24) is 0 Å². The summed E-state index contributed by atoms with van der Waals surface area (Å²) in [7, 11) is 0.